The van der Waals surface area contributed by atoms with E-state index in [-0.39, 0.29) is 17.9 Å². The molecule has 5 heteroatoms. The highest BCUT2D eigenvalue weighted by atomic mass is 16.5. The predicted molar refractivity (Wildman–Crippen MR) is 67.6 cm³/mol. The second-order valence-corrected chi connectivity index (χ2v) is 5.07. The lowest BCUT2D eigenvalue weighted by Gasteiger charge is -2.22. The summed E-state index contributed by atoms with van der Waals surface area (Å²) in [5.74, 6) is 0.538. The van der Waals surface area contributed by atoms with Crippen LogP contribution in [0.2, 0.25) is 0 Å². The second kappa shape index (κ2) is 6.09. The van der Waals surface area contributed by atoms with Gasteiger partial charge in [-0.25, -0.2) is 9.67 Å². The van der Waals surface area contributed by atoms with Crippen molar-refractivity contribution >= 4 is 5.78 Å². The van der Waals surface area contributed by atoms with E-state index in [1.165, 1.54) is 12.7 Å². The summed E-state index contributed by atoms with van der Waals surface area (Å²) in [6, 6.07) is 0.164. The van der Waals surface area contributed by atoms with Gasteiger partial charge in [-0.15, -0.1) is 0 Å². The van der Waals surface area contributed by atoms with Gasteiger partial charge in [0.25, 0.3) is 0 Å². The minimum Gasteiger partial charge on any atom is -0.378 e. The number of Topliss-reactive ketones (excluding diaryl/α,β-unsaturated/α-hetero) is 1. The molecule has 1 saturated heterocycles. The molecule has 0 radical (unpaired) electrons. The molecule has 0 amide bonds. The van der Waals surface area contributed by atoms with Gasteiger partial charge in [0, 0.05) is 19.1 Å². The summed E-state index contributed by atoms with van der Waals surface area (Å²) >= 11 is 0. The maximum absolute atomic E-state index is 12.1. The summed E-state index contributed by atoms with van der Waals surface area (Å²) in [5.41, 5.74) is 0. The Hall–Kier alpha value is -1.23. The predicted octanol–water partition coefficient (Wildman–Crippen LogP) is 2.39. The van der Waals surface area contributed by atoms with E-state index < -0.39 is 0 Å². The fourth-order valence-electron chi connectivity index (χ4n) is 2.27. The van der Waals surface area contributed by atoms with Gasteiger partial charge in [0.15, 0.2) is 11.6 Å². The van der Waals surface area contributed by atoms with Crippen LogP contribution in [-0.2, 0) is 4.74 Å². The number of carbonyl (C=O) groups is 1. The molecule has 1 aromatic rings. The van der Waals surface area contributed by atoms with Crippen molar-refractivity contribution in [3.05, 3.63) is 12.2 Å². The molecule has 0 aliphatic carbocycles. The number of ketones is 1. The van der Waals surface area contributed by atoms with Crippen molar-refractivity contribution in [2.24, 2.45) is 0 Å². The molecule has 1 aliphatic rings. The third kappa shape index (κ3) is 3.16. The number of rotatable bonds is 5. The quantitative estimate of drug-likeness (QED) is 0.754. The highest BCUT2D eigenvalue weighted by Gasteiger charge is 2.19. The van der Waals surface area contributed by atoms with Crippen molar-refractivity contribution < 1.29 is 9.53 Å². The van der Waals surface area contributed by atoms with Crippen LogP contribution in [0.25, 0.3) is 0 Å². The molecule has 0 spiro atoms. The van der Waals surface area contributed by atoms with Crippen LogP contribution in [0, 0.1) is 0 Å². The van der Waals surface area contributed by atoms with Gasteiger partial charge in [-0.2, -0.15) is 5.10 Å². The number of hydrogen-bond acceptors (Lipinski definition) is 4. The average molecular weight is 251 g/mol. The molecule has 0 N–H and O–H groups in total. The Morgan fingerprint density at radius 3 is 3.06 bits per heavy atom. The van der Waals surface area contributed by atoms with E-state index in [1.807, 2.05) is 13.8 Å². The molecule has 1 aromatic heterocycles. The van der Waals surface area contributed by atoms with Crippen LogP contribution in [-0.4, -0.2) is 33.3 Å². The Bertz CT molecular complexity index is 395. The van der Waals surface area contributed by atoms with Crippen LogP contribution in [0.5, 0.6) is 0 Å². The monoisotopic (exact) mass is 251 g/mol. The van der Waals surface area contributed by atoms with Crippen molar-refractivity contribution in [3.8, 4) is 0 Å². The fraction of sp³-hybridized carbons (Fsp3) is 0.769. The highest BCUT2D eigenvalue weighted by molar-refractivity contribution is 5.92. The van der Waals surface area contributed by atoms with Gasteiger partial charge in [0.1, 0.15) is 6.33 Å². The zero-order valence-corrected chi connectivity index (χ0v) is 11.1. The van der Waals surface area contributed by atoms with E-state index in [0.29, 0.717) is 12.2 Å². The van der Waals surface area contributed by atoms with Crippen LogP contribution < -0.4 is 0 Å². The zero-order chi connectivity index (χ0) is 13.0. The van der Waals surface area contributed by atoms with Crippen LogP contribution in [0.4, 0.5) is 0 Å². The smallest absolute Gasteiger partial charge is 0.199 e. The van der Waals surface area contributed by atoms with Gasteiger partial charge in [0.05, 0.1) is 6.10 Å². The van der Waals surface area contributed by atoms with E-state index in [1.54, 1.807) is 4.68 Å². The molecule has 100 valence electrons. The summed E-state index contributed by atoms with van der Waals surface area (Å²) in [6.07, 6.45) is 6.42. The number of ether oxygens (including phenoxy) is 1. The zero-order valence-electron chi connectivity index (χ0n) is 11.1. The Labute approximate surface area is 108 Å². The first-order chi connectivity index (χ1) is 8.68. The average Bonchev–Trinajstić information content (AvgIpc) is 2.86. The first-order valence-corrected chi connectivity index (χ1v) is 6.73. The molecular formula is C13H21N3O2. The Kier molecular flexibility index (Phi) is 4.47. The van der Waals surface area contributed by atoms with Crippen LogP contribution in [0.1, 0.15) is 62.6 Å². The lowest BCUT2D eigenvalue weighted by molar-refractivity contribution is 0.0103. The van der Waals surface area contributed by atoms with Gasteiger partial charge in [-0.1, -0.05) is 0 Å². The third-order valence-corrected chi connectivity index (χ3v) is 3.28. The summed E-state index contributed by atoms with van der Waals surface area (Å²) < 4.78 is 7.31. The maximum atomic E-state index is 12.1. The minimum absolute atomic E-state index is 0.0652. The Morgan fingerprint density at radius 2 is 2.39 bits per heavy atom. The lowest BCUT2D eigenvalue weighted by Crippen LogP contribution is -2.21. The fourth-order valence-corrected chi connectivity index (χ4v) is 2.27. The molecule has 1 fully saturated rings. The van der Waals surface area contributed by atoms with Crippen LogP contribution in [0.3, 0.4) is 0 Å². The summed E-state index contributed by atoms with van der Waals surface area (Å²) in [4.78, 5) is 16.2. The number of carbonyl (C=O) groups excluding carboxylic acids is 1. The number of hydrogen-bond donors (Lipinski definition) is 0. The molecule has 18 heavy (non-hydrogen) atoms. The molecular weight excluding hydrogens is 230 g/mol. The van der Waals surface area contributed by atoms with Crippen LogP contribution in [0.15, 0.2) is 6.33 Å². The normalized spacial score (nSPS) is 20.3. The summed E-state index contributed by atoms with van der Waals surface area (Å²) in [5, 5.41) is 4.09. The molecule has 1 atom stereocenters. The van der Waals surface area contributed by atoms with E-state index in [2.05, 4.69) is 10.1 Å². The molecule has 2 heterocycles. The molecule has 1 unspecified atom stereocenters. The second-order valence-electron chi connectivity index (χ2n) is 5.07. The van der Waals surface area contributed by atoms with Gasteiger partial charge in [-0.05, 0) is 39.5 Å². The van der Waals surface area contributed by atoms with Crippen molar-refractivity contribution in [3.63, 3.8) is 0 Å². The lowest BCUT2D eigenvalue weighted by atomic mass is 10.0. The molecule has 0 aromatic carbocycles. The topological polar surface area (TPSA) is 57.0 Å². The van der Waals surface area contributed by atoms with Crippen molar-refractivity contribution in [1.82, 2.24) is 14.8 Å². The van der Waals surface area contributed by atoms with E-state index >= 15 is 0 Å². The van der Waals surface area contributed by atoms with Crippen molar-refractivity contribution in [1.29, 1.82) is 0 Å². The van der Waals surface area contributed by atoms with Gasteiger partial charge in [-0.3, -0.25) is 4.79 Å². The Balaban J connectivity index is 1.89. The maximum Gasteiger partial charge on any atom is 0.199 e. The standard InChI is InChI=1S/C13H21N3O2/c1-10(2)16-13(14-9-15-16)12(17)7-6-11-5-3-4-8-18-11/h9-11H,3-8H2,1-2H3. The summed E-state index contributed by atoms with van der Waals surface area (Å²) in [7, 11) is 0. The van der Waals surface area contributed by atoms with Gasteiger partial charge < -0.3 is 4.74 Å². The first kappa shape index (κ1) is 13.2. The third-order valence-electron chi connectivity index (χ3n) is 3.28. The summed E-state index contributed by atoms with van der Waals surface area (Å²) in [6.45, 7) is 4.83. The molecule has 2 rings (SSSR count). The molecule has 1 aliphatic heterocycles. The SMILES string of the molecule is CC(C)n1ncnc1C(=O)CCC1CCCCO1. The molecule has 0 saturated carbocycles. The molecule has 5 nitrogen and oxygen atoms in total. The highest BCUT2D eigenvalue weighted by Crippen LogP contribution is 2.18. The minimum atomic E-state index is 0.0652. The largest absolute Gasteiger partial charge is 0.378 e. The van der Waals surface area contributed by atoms with E-state index in [0.717, 1.165) is 25.9 Å². The van der Waals surface area contributed by atoms with Gasteiger partial charge >= 0.3 is 0 Å². The van der Waals surface area contributed by atoms with E-state index in [4.69, 9.17) is 4.74 Å². The van der Waals surface area contributed by atoms with Crippen molar-refractivity contribution in [2.45, 2.75) is 58.1 Å². The van der Waals surface area contributed by atoms with Gasteiger partial charge in [0.2, 0.25) is 0 Å². The number of aromatic nitrogens is 3. The van der Waals surface area contributed by atoms with E-state index in [9.17, 15) is 4.79 Å². The van der Waals surface area contributed by atoms with Crippen molar-refractivity contribution in [2.75, 3.05) is 6.61 Å². The first-order valence-electron chi connectivity index (χ1n) is 6.73. The Morgan fingerprint density at radius 1 is 1.56 bits per heavy atom. The molecule has 0 bridgehead atoms. The van der Waals surface area contributed by atoms with Crippen LogP contribution >= 0.6 is 0 Å². The number of nitrogens with zero attached hydrogens (tertiary/aromatic N) is 3.